The Hall–Kier alpha value is -1.26. The van der Waals surface area contributed by atoms with E-state index in [1.807, 2.05) is 26.8 Å². The van der Waals surface area contributed by atoms with E-state index in [1.165, 1.54) is 4.31 Å². The largest absolute Gasteiger partial charge is 0.379 e. The quantitative estimate of drug-likeness (QED) is 0.627. The molecular formula is C18H30N4O3S2. The highest BCUT2D eigenvalue weighted by atomic mass is 32.2. The Bertz CT molecular complexity index is 730. The number of nitrogens with zero attached hydrogens (tertiary/aromatic N) is 2. The third-order valence-electron chi connectivity index (χ3n) is 4.53. The van der Waals surface area contributed by atoms with Gasteiger partial charge in [-0.3, -0.25) is 4.90 Å². The Morgan fingerprint density at radius 1 is 1.26 bits per heavy atom. The Morgan fingerprint density at radius 3 is 2.56 bits per heavy atom. The van der Waals surface area contributed by atoms with Crippen LogP contribution in [0.1, 0.15) is 19.4 Å². The van der Waals surface area contributed by atoms with Crippen LogP contribution in [0, 0.1) is 6.92 Å². The van der Waals surface area contributed by atoms with E-state index in [9.17, 15) is 8.42 Å². The van der Waals surface area contributed by atoms with Gasteiger partial charge in [-0.1, -0.05) is 19.9 Å². The van der Waals surface area contributed by atoms with Gasteiger partial charge < -0.3 is 15.4 Å². The fourth-order valence-electron chi connectivity index (χ4n) is 2.97. The van der Waals surface area contributed by atoms with Crippen molar-refractivity contribution in [2.24, 2.45) is 0 Å². The van der Waals surface area contributed by atoms with Crippen LogP contribution in [0.15, 0.2) is 23.1 Å². The summed E-state index contributed by atoms with van der Waals surface area (Å²) in [5.74, 6) is 0. The summed E-state index contributed by atoms with van der Waals surface area (Å²) in [6, 6.07) is 5.33. The normalized spacial score (nSPS) is 15.7. The summed E-state index contributed by atoms with van der Waals surface area (Å²) < 4.78 is 32.7. The Labute approximate surface area is 168 Å². The van der Waals surface area contributed by atoms with Crippen LogP contribution >= 0.6 is 12.2 Å². The van der Waals surface area contributed by atoms with Gasteiger partial charge in [-0.2, -0.15) is 4.31 Å². The van der Waals surface area contributed by atoms with E-state index in [2.05, 4.69) is 15.5 Å². The van der Waals surface area contributed by atoms with Crippen molar-refractivity contribution in [3.8, 4) is 0 Å². The molecule has 0 radical (unpaired) electrons. The number of nitrogens with one attached hydrogen (secondary N) is 2. The molecule has 7 nitrogen and oxygen atoms in total. The third kappa shape index (κ3) is 6.11. The first-order valence-corrected chi connectivity index (χ1v) is 11.2. The average molecular weight is 415 g/mol. The molecule has 1 aromatic rings. The number of morpholine rings is 1. The highest BCUT2D eigenvalue weighted by molar-refractivity contribution is 7.89. The lowest BCUT2D eigenvalue weighted by Gasteiger charge is -2.26. The van der Waals surface area contributed by atoms with E-state index in [4.69, 9.17) is 17.0 Å². The Balaban J connectivity index is 2.04. The van der Waals surface area contributed by atoms with Crippen molar-refractivity contribution < 1.29 is 13.2 Å². The lowest BCUT2D eigenvalue weighted by molar-refractivity contribution is 0.0389. The lowest BCUT2D eigenvalue weighted by atomic mass is 10.2. The van der Waals surface area contributed by atoms with Gasteiger partial charge in [0.2, 0.25) is 10.0 Å². The molecule has 1 saturated heterocycles. The SMILES string of the molecule is CCN(CC)S(=O)(=O)c1cc(C)ccc1NC(=S)NCCN1CCOCC1. The second-order valence-electron chi connectivity index (χ2n) is 6.42. The number of hydrogen-bond donors (Lipinski definition) is 2. The van der Waals surface area contributed by atoms with Crippen molar-refractivity contribution in [2.45, 2.75) is 25.7 Å². The summed E-state index contributed by atoms with van der Waals surface area (Å²) in [5.41, 5.74) is 1.38. The molecule has 0 amide bonds. The van der Waals surface area contributed by atoms with Gasteiger partial charge in [-0.25, -0.2) is 8.42 Å². The maximum Gasteiger partial charge on any atom is 0.245 e. The fourth-order valence-corrected chi connectivity index (χ4v) is 4.87. The molecule has 1 fully saturated rings. The van der Waals surface area contributed by atoms with Crippen LogP contribution in [-0.4, -0.2) is 75.2 Å². The van der Waals surface area contributed by atoms with Crippen molar-refractivity contribution >= 4 is 33.0 Å². The molecule has 0 atom stereocenters. The van der Waals surface area contributed by atoms with Crippen LogP contribution in [-0.2, 0) is 14.8 Å². The van der Waals surface area contributed by atoms with Crippen molar-refractivity contribution in [1.82, 2.24) is 14.5 Å². The summed E-state index contributed by atoms with van der Waals surface area (Å²) in [4.78, 5) is 2.56. The zero-order chi connectivity index (χ0) is 19.9. The number of benzene rings is 1. The molecule has 0 unspecified atom stereocenters. The zero-order valence-corrected chi connectivity index (χ0v) is 18.0. The van der Waals surface area contributed by atoms with Gasteiger partial charge in [0.25, 0.3) is 0 Å². The molecule has 1 heterocycles. The highest BCUT2D eigenvalue weighted by Gasteiger charge is 2.25. The van der Waals surface area contributed by atoms with Gasteiger partial charge in [-0.05, 0) is 36.8 Å². The zero-order valence-electron chi connectivity index (χ0n) is 16.3. The number of aryl methyl sites for hydroxylation is 1. The molecule has 2 rings (SSSR count). The van der Waals surface area contributed by atoms with E-state index >= 15 is 0 Å². The van der Waals surface area contributed by atoms with Crippen molar-refractivity contribution in [3.05, 3.63) is 23.8 Å². The predicted molar refractivity (Wildman–Crippen MR) is 113 cm³/mol. The summed E-state index contributed by atoms with van der Waals surface area (Å²) in [6.45, 7) is 11.3. The topological polar surface area (TPSA) is 73.9 Å². The van der Waals surface area contributed by atoms with Crippen LogP contribution in [0.25, 0.3) is 0 Å². The smallest absolute Gasteiger partial charge is 0.245 e. The second-order valence-corrected chi connectivity index (χ2v) is 8.74. The lowest BCUT2D eigenvalue weighted by Crippen LogP contribution is -2.42. The number of rotatable bonds is 8. The fraction of sp³-hybridized carbons (Fsp3) is 0.611. The van der Waals surface area contributed by atoms with Gasteiger partial charge in [0.1, 0.15) is 4.90 Å². The predicted octanol–water partition coefficient (Wildman–Crippen LogP) is 1.64. The summed E-state index contributed by atoms with van der Waals surface area (Å²) >= 11 is 5.37. The van der Waals surface area contributed by atoms with Crippen LogP contribution in [0.5, 0.6) is 0 Å². The average Bonchev–Trinajstić information content (AvgIpc) is 2.65. The standard InChI is InChI=1S/C18H30N4O3S2/c1-4-22(5-2)27(23,24)17-14-15(3)6-7-16(17)20-18(26)19-8-9-21-10-12-25-13-11-21/h6-7,14H,4-5,8-13H2,1-3H3,(H2,19,20,26). The van der Waals surface area contributed by atoms with Crippen LogP contribution in [0.2, 0.25) is 0 Å². The van der Waals surface area contributed by atoms with E-state index in [0.29, 0.717) is 30.4 Å². The molecule has 2 N–H and O–H groups in total. The maximum absolute atomic E-state index is 13.0. The number of thiocarbonyl (C=S) groups is 1. The first-order chi connectivity index (χ1) is 12.9. The van der Waals surface area contributed by atoms with E-state index < -0.39 is 10.0 Å². The molecule has 0 aliphatic carbocycles. The first-order valence-electron chi connectivity index (χ1n) is 9.34. The first kappa shape index (κ1) is 22.0. The molecule has 1 aromatic carbocycles. The molecule has 0 spiro atoms. The molecule has 1 aliphatic heterocycles. The van der Waals surface area contributed by atoms with E-state index in [-0.39, 0.29) is 4.90 Å². The van der Waals surface area contributed by atoms with Gasteiger partial charge in [0, 0.05) is 39.3 Å². The Kier molecular flexibility index (Phi) is 8.43. The minimum atomic E-state index is -3.58. The van der Waals surface area contributed by atoms with Gasteiger partial charge in [0.15, 0.2) is 5.11 Å². The van der Waals surface area contributed by atoms with Gasteiger partial charge >= 0.3 is 0 Å². The minimum absolute atomic E-state index is 0.253. The van der Waals surface area contributed by atoms with E-state index in [0.717, 1.165) is 38.4 Å². The highest BCUT2D eigenvalue weighted by Crippen LogP contribution is 2.26. The minimum Gasteiger partial charge on any atom is -0.379 e. The number of sulfonamides is 1. The summed E-state index contributed by atoms with van der Waals surface area (Å²) in [5, 5.41) is 6.63. The number of anilines is 1. The van der Waals surface area contributed by atoms with E-state index in [1.54, 1.807) is 12.1 Å². The number of ether oxygens (including phenoxy) is 1. The molecular weight excluding hydrogens is 384 g/mol. The van der Waals surface area contributed by atoms with Crippen molar-refractivity contribution in [3.63, 3.8) is 0 Å². The molecule has 1 aliphatic rings. The second kappa shape index (κ2) is 10.3. The molecule has 0 aromatic heterocycles. The summed E-state index contributed by atoms with van der Waals surface area (Å²) in [6.07, 6.45) is 0. The molecule has 152 valence electrons. The molecule has 0 saturated carbocycles. The van der Waals surface area contributed by atoms with Gasteiger partial charge in [-0.15, -0.1) is 0 Å². The molecule has 27 heavy (non-hydrogen) atoms. The maximum atomic E-state index is 13.0. The number of hydrogen-bond acceptors (Lipinski definition) is 5. The Morgan fingerprint density at radius 2 is 1.93 bits per heavy atom. The third-order valence-corrected chi connectivity index (χ3v) is 6.86. The monoisotopic (exact) mass is 414 g/mol. The van der Waals surface area contributed by atoms with Crippen LogP contribution < -0.4 is 10.6 Å². The van der Waals surface area contributed by atoms with Crippen molar-refractivity contribution in [1.29, 1.82) is 0 Å². The van der Waals surface area contributed by atoms with Crippen LogP contribution in [0.4, 0.5) is 5.69 Å². The molecule has 0 bridgehead atoms. The van der Waals surface area contributed by atoms with Crippen molar-refractivity contribution in [2.75, 3.05) is 57.8 Å². The van der Waals surface area contributed by atoms with Crippen LogP contribution in [0.3, 0.4) is 0 Å². The summed E-state index contributed by atoms with van der Waals surface area (Å²) in [7, 11) is -3.58. The van der Waals surface area contributed by atoms with Gasteiger partial charge in [0.05, 0.1) is 18.9 Å². The molecule has 9 heteroatoms.